The number of nitrogens with one attached hydrogen (secondary N) is 1. The highest BCUT2D eigenvalue weighted by molar-refractivity contribution is 5.38. The van der Waals surface area contributed by atoms with E-state index in [1.54, 1.807) is 0 Å². The van der Waals surface area contributed by atoms with Crippen molar-refractivity contribution in [3.63, 3.8) is 0 Å². The van der Waals surface area contributed by atoms with Gasteiger partial charge in [-0.3, -0.25) is 0 Å². The van der Waals surface area contributed by atoms with Crippen LogP contribution in [0, 0.1) is 20.8 Å². The van der Waals surface area contributed by atoms with E-state index in [2.05, 4.69) is 52.1 Å². The second-order valence-corrected chi connectivity index (χ2v) is 5.23. The van der Waals surface area contributed by atoms with Crippen LogP contribution in [0.1, 0.15) is 54.9 Å². The second-order valence-electron chi connectivity index (χ2n) is 5.23. The number of aryl methyl sites for hydroxylation is 3. The molecule has 1 rings (SSSR count). The lowest BCUT2D eigenvalue weighted by molar-refractivity contribution is 0.589. The minimum absolute atomic E-state index is 0.652. The molecule has 1 aromatic carbocycles. The van der Waals surface area contributed by atoms with Crippen molar-refractivity contribution in [1.82, 2.24) is 5.32 Å². The van der Waals surface area contributed by atoms with Gasteiger partial charge in [-0.15, -0.1) is 0 Å². The molecular formula is C16H27N. The fourth-order valence-electron chi connectivity index (χ4n) is 2.29. The van der Waals surface area contributed by atoms with E-state index in [4.69, 9.17) is 0 Å². The van der Waals surface area contributed by atoms with Crippen LogP contribution in [-0.4, -0.2) is 13.1 Å². The summed E-state index contributed by atoms with van der Waals surface area (Å²) in [5.74, 6) is 0.652. The van der Waals surface area contributed by atoms with Crippen LogP contribution in [-0.2, 0) is 0 Å². The molecule has 0 radical (unpaired) electrons. The van der Waals surface area contributed by atoms with Gasteiger partial charge in [0.05, 0.1) is 0 Å². The highest BCUT2D eigenvalue weighted by Gasteiger charge is 2.09. The Morgan fingerprint density at radius 3 is 2.29 bits per heavy atom. The Labute approximate surface area is 107 Å². The third-order valence-corrected chi connectivity index (χ3v) is 3.59. The topological polar surface area (TPSA) is 12.0 Å². The summed E-state index contributed by atoms with van der Waals surface area (Å²) in [6.07, 6.45) is 2.44. The zero-order chi connectivity index (χ0) is 12.8. The quantitative estimate of drug-likeness (QED) is 0.729. The molecule has 1 unspecified atom stereocenters. The van der Waals surface area contributed by atoms with E-state index in [-0.39, 0.29) is 0 Å². The molecule has 0 saturated carbocycles. The molecule has 0 aliphatic carbocycles. The van der Waals surface area contributed by atoms with Gasteiger partial charge in [-0.2, -0.15) is 0 Å². The molecule has 1 nitrogen and oxygen atoms in total. The third-order valence-electron chi connectivity index (χ3n) is 3.59. The Morgan fingerprint density at radius 1 is 1.00 bits per heavy atom. The normalized spacial score (nSPS) is 12.8. The van der Waals surface area contributed by atoms with Crippen molar-refractivity contribution in [3.05, 3.63) is 34.4 Å². The van der Waals surface area contributed by atoms with Gasteiger partial charge in [-0.1, -0.05) is 26.0 Å². The largest absolute Gasteiger partial charge is 0.317 e. The lowest BCUT2D eigenvalue weighted by Gasteiger charge is -2.17. The summed E-state index contributed by atoms with van der Waals surface area (Å²) < 4.78 is 0. The summed E-state index contributed by atoms with van der Waals surface area (Å²) in [4.78, 5) is 0. The Bertz CT molecular complexity index is 355. The molecule has 1 aromatic rings. The van der Waals surface area contributed by atoms with Crippen LogP contribution in [0.5, 0.6) is 0 Å². The molecule has 96 valence electrons. The summed E-state index contributed by atoms with van der Waals surface area (Å²) in [5, 5.41) is 3.48. The first-order valence-corrected chi connectivity index (χ1v) is 6.84. The minimum Gasteiger partial charge on any atom is -0.317 e. The third kappa shape index (κ3) is 4.16. The van der Waals surface area contributed by atoms with E-state index < -0.39 is 0 Å². The summed E-state index contributed by atoms with van der Waals surface area (Å²) in [6, 6.07) is 4.69. The van der Waals surface area contributed by atoms with Crippen LogP contribution >= 0.6 is 0 Å². The average Bonchev–Trinajstić information content (AvgIpc) is 2.29. The van der Waals surface area contributed by atoms with Crippen molar-refractivity contribution >= 4 is 0 Å². The van der Waals surface area contributed by atoms with E-state index in [0.29, 0.717) is 5.92 Å². The first-order chi connectivity index (χ1) is 8.06. The fraction of sp³-hybridized carbons (Fsp3) is 0.625. The van der Waals surface area contributed by atoms with Crippen LogP contribution in [0.3, 0.4) is 0 Å². The Balaban J connectivity index is 2.62. The molecule has 0 aliphatic heterocycles. The summed E-state index contributed by atoms with van der Waals surface area (Å²) in [7, 11) is 0. The molecule has 0 aromatic heterocycles. The predicted octanol–water partition coefficient (Wildman–Crippen LogP) is 4.11. The molecule has 0 fully saturated rings. The molecule has 17 heavy (non-hydrogen) atoms. The van der Waals surface area contributed by atoms with Gasteiger partial charge in [0.15, 0.2) is 0 Å². The smallest absolute Gasteiger partial charge is 0.00432 e. The monoisotopic (exact) mass is 233 g/mol. The summed E-state index contributed by atoms with van der Waals surface area (Å²) >= 11 is 0. The van der Waals surface area contributed by atoms with Crippen LogP contribution in [0.15, 0.2) is 12.1 Å². The first kappa shape index (κ1) is 14.2. The zero-order valence-corrected chi connectivity index (χ0v) is 12.1. The van der Waals surface area contributed by atoms with Gasteiger partial charge in [0.25, 0.3) is 0 Å². The zero-order valence-electron chi connectivity index (χ0n) is 12.1. The van der Waals surface area contributed by atoms with Crippen molar-refractivity contribution in [1.29, 1.82) is 0 Å². The molecule has 1 N–H and O–H groups in total. The van der Waals surface area contributed by atoms with E-state index in [1.165, 1.54) is 35.1 Å². The lowest BCUT2D eigenvalue weighted by atomic mass is 9.90. The maximum atomic E-state index is 3.48. The first-order valence-electron chi connectivity index (χ1n) is 6.84. The van der Waals surface area contributed by atoms with Crippen molar-refractivity contribution in [2.24, 2.45) is 0 Å². The second kappa shape index (κ2) is 6.80. The van der Waals surface area contributed by atoms with Crippen LogP contribution in [0.25, 0.3) is 0 Å². The molecule has 1 heteroatoms. The molecule has 0 heterocycles. The molecule has 0 bridgehead atoms. The van der Waals surface area contributed by atoms with Gasteiger partial charge in [0, 0.05) is 0 Å². The van der Waals surface area contributed by atoms with Crippen LogP contribution in [0.4, 0.5) is 0 Å². The Morgan fingerprint density at radius 2 is 1.65 bits per heavy atom. The highest BCUT2D eigenvalue weighted by Crippen LogP contribution is 2.25. The number of hydrogen-bond acceptors (Lipinski definition) is 1. The molecule has 0 spiro atoms. The van der Waals surface area contributed by atoms with Gasteiger partial charge < -0.3 is 5.32 Å². The van der Waals surface area contributed by atoms with Crippen molar-refractivity contribution in [3.8, 4) is 0 Å². The SMILES string of the molecule is CCCNCCC(C)c1cc(C)c(C)cc1C. The van der Waals surface area contributed by atoms with Gasteiger partial charge in [-0.05, 0) is 74.9 Å². The van der Waals surface area contributed by atoms with Crippen molar-refractivity contribution in [2.75, 3.05) is 13.1 Å². The Kier molecular flexibility index (Phi) is 5.70. The van der Waals surface area contributed by atoms with Crippen LogP contribution < -0.4 is 5.32 Å². The number of benzene rings is 1. The van der Waals surface area contributed by atoms with E-state index in [1.807, 2.05) is 0 Å². The maximum absolute atomic E-state index is 3.48. The van der Waals surface area contributed by atoms with Gasteiger partial charge >= 0.3 is 0 Å². The van der Waals surface area contributed by atoms with E-state index in [9.17, 15) is 0 Å². The Hall–Kier alpha value is -0.820. The van der Waals surface area contributed by atoms with Gasteiger partial charge in [0.1, 0.15) is 0 Å². The molecule has 1 atom stereocenters. The van der Waals surface area contributed by atoms with Crippen molar-refractivity contribution in [2.45, 2.75) is 53.4 Å². The summed E-state index contributed by atoms with van der Waals surface area (Å²) in [5.41, 5.74) is 5.78. The highest BCUT2D eigenvalue weighted by atomic mass is 14.8. The number of hydrogen-bond donors (Lipinski definition) is 1. The fourth-order valence-corrected chi connectivity index (χ4v) is 2.29. The van der Waals surface area contributed by atoms with E-state index in [0.717, 1.165) is 13.1 Å². The molecule has 0 amide bonds. The van der Waals surface area contributed by atoms with Crippen LogP contribution in [0.2, 0.25) is 0 Å². The van der Waals surface area contributed by atoms with Crippen molar-refractivity contribution < 1.29 is 0 Å². The lowest BCUT2D eigenvalue weighted by Crippen LogP contribution is -2.17. The molecule has 0 saturated heterocycles. The van der Waals surface area contributed by atoms with Gasteiger partial charge in [-0.25, -0.2) is 0 Å². The molecule has 0 aliphatic rings. The summed E-state index contributed by atoms with van der Waals surface area (Å²) in [6.45, 7) is 13.5. The van der Waals surface area contributed by atoms with E-state index >= 15 is 0 Å². The average molecular weight is 233 g/mol. The maximum Gasteiger partial charge on any atom is -0.00432 e. The molecular weight excluding hydrogens is 206 g/mol. The standard InChI is InChI=1S/C16H27N/c1-6-8-17-9-7-12(2)16-11-14(4)13(3)10-15(16)5/h10-12,17H,6-9H2,1-5H3. The van der Waals surface area contributed by atoms with Gasteiger partial charge in [0.2, 0.25) is 0 Å². The minimum atomic E-state index is 0.652. The predicted molar refractivity (Wildman–Crippen MR) is 76.8 cm³/mol. The number of rotatable bonds is 6.